The predicted molar refractivity (Wildman–Crippen MR) is 92.8 cm³/mol. The third-order valence-electron chi connectivity index (χ3n) is 2.80. The van der Waals surface area contributed by atoms with Crippen LogP contribution >= 0.6 is 20.4 Å². The van der Waals surface area contributed by atoms with Crippen molar-refractivity contribution in [2.75, 3.05) is 48.9 Å². The maximum absolute atomic E-state index is 12.8. The van der Waals surface area contributed by atoms with Crippen molar-refractivity contribution in [1.29, 1.82) is 0 Å². The van der Waals surface area contributed by atoms with E-state index in [-0.39, 0.29) is 6.03 Å². The molecule has 0 spiro atoms. The Balaban J connectivity index is 3.18. The van der Waals surface area contributed by atoms with E-state index in [0.717, 1.165) is 5.69 Å². The van der Waals surface area contributed by atoms with Crippen molar-refractivity contribution in [3.05, 3.63) is 30.3 Å². The van der Waals surface area contributed by atoms with Crippen molar-refractivity contribution in [3.63, 3.8) is 0 Å². The third-order valence-corrected chi connectivity index (χ3v) is 6.06. The minimum atomic E-state index is -1.17. The Morgan fingerprint density at radius 2 is 1.37 bits per heavy atom. The zero-order valence-corrected chi connectivity index (χ0v) is 14.6. The topological polar surface area (TPSA) is 23.6 Å². The van der Waals surface area contributed by atoms with Crippen LogP contribution in [0.2, 0.25) is 0 Å². The van der Waals surface area contributed by atoms with Crippen molar-refractivity contribution >= 4 is 32.1 Å². The normalized spacial score (nSPS) is 13.8. The summed E-state index contributed by atoms with van der Waals surface area (Å²) in [5, 5.41) is 0. The van der Waals surface area contributed by atoms with Crippen molar-refractivity contribution in [1.82, 2.24) is 4.31 Å². The molecule has 0 aliphatic heterocycles. The van der Waals surface area contributed by atoms with Crippen molar-refractivity contribution in [2.45, 2.75) is 0 Å². The van der Waals surface area contributed by atoms with Gasteiger partial charge in [-0.1, -0.05) is 18.2 Å². The van der Waals surface area contributed by atoms with Gasteiger partial charge in [0.1, 0.15) is 0 Å². The molecule has 0 bridgehead atoms. The van der Waals surface area contributed by atoms with Gasteiger partial charge in [0.05, 0.1) is 5.69 Å². The second-order valence-corrected chi connectivity index (χ2v) is 14.0. The molecule has 0 radical (unpaired) electrons. The maximum atomic E-state index is 12.8. The maximum Gasteiger partial charge on any atom is 0.341 e. The highest BCUT2D eigenvalue weighted by Gasteiger charge is 2.30. The Hall–Kier alpha value is -0.810. The summed E-state index contributed by atoms with van der Waals surface area (Å²) in [6.07, 6.45) is 12.8. The second kappa shape index (κ2) is 5.67. The van der Waals surface area contributed by atoms with Gasteiger partial charge in [-0.2, -0.15) is 20.4 Å². The van der Waals surface area contributed by atoms with Gasteiger partial charge in [0.15, 0.2) is 0 Å². The molecule has 2 amide bonds. The molecule has 0 heterocycles. The molecule has 0 atom stereocenters. The van der Waals surface area contributed by atoms with Gasteiger partial charge >= 0.3 is 6.03 Å². The highest BCUT2D eigenvalue weighted by Crippen LogP contribution is 2.47. The number of amides is 2. The minimum absolute atomic E-state index is 0.0937. The van der Waals surface area contributed by atoms with Gasteiger partial charge in [-0.05, 0) is 49.7 Å². The Morgan fingerprint density at radius 1 is 0.895 bits per heavy atom. The molecule has 1 aromatic rings. The first kappa shape index (κ1) is 16.2. The summed E-state index contributed by atoms with van der Waals surface area (Å²) in [6.45, 7) is 0. The molecule has 1 aromatic carbocycles. The van der Waals surface area contributed by atoms with Gasteiger partial charge in [0.2, 0.25) is 0 Å². The molecule has 5 heteroatoms. The fourth-order valence-electron chi connectivity index (χ4n) is 1.59. The number of carbonyl (C=O) groups excluding carboxylic acids is 1. The molecule has 0 fully saturated rings. The summed E-state index contributed by atoms with van der Waals surface area (Å²) >= 11 is 0. The van der Waals surface area contributed by atoms with E-state index in [9.17, 15) is 4.79 Å². The fraction of sp³-hybridized carbons (Fsp3) is 0.500. The van der Waals surface area contributed by atoms with E-state index in [1.54, 1.807) is 0 Å². The van der Waals surface area contributed by atoms with Crippen LogP contribution in [0.3, 0.4) is 0 Å². The van der Waals surface area contributed by atoms with Gasteiger partial charge < -0.3 is 0 Å². The van der Waals surface area contributed by atoms with E-state index >= 15 is 0 Å². The summed E-state index contributed by atoms with van der Waals surface area (Å²) in [7, 11) is -0.325. The second-order valence-electron chi connectivity index (χ2n) is 5.95. The smallest absolute Gasteiger partial charge is 0.290 e. The largest absolute Gasteiger partial charge is 0.341 e. The zero-order chi connectivity index (χ0) is 14.8. The number of hydrogen-bond acceptors (Lipinski definition) is 1. The number of carbonyl (C=O) groups is 1. The lowest BCUT2D eigenvalue weighted by atomic mass is 10.3. The van der Waals surface area contributed by atoms with Gasteiger partial charge in [0.25, 0.3) is 0 Å². The third kappa shape index (κ3) is 4.08. The van der Waals surface area contributed by atoms with E-state index in [0.29, 0.717) is 0 Å². The van der Waals surface area contributed by atoms with E-state index in [4.69, 9.17) is 0 Å². The number of rotatable bonds is 3. The molecule has 0 saturated carbocycles. The molecule has 0 N–H and O–H groups in total. The monoisotopic (exact) mass is 302 g/mol. The molecule has 0 saturated heterocycles. The molecule has 3 nitrogen and oxygen atoms in total. The molecule has 19 heavy (non-hydrogen) atoms. The summed E-state index contributed by atoms with van der Waals surface area (Å²) in [5.41, 5.74) is 0.977. The van der Waals surface area contributed by atoms with Crippen molar-refractivity contribution in [2.24, 2.45) is 0 Å². The standard InChI is InChI=1S/C14H26N2OS2/c1-15(18(2,3)4)14(17)16(19(5,6)7)13-11-9-8-10-12-13/h8-12H,1-7H3. The lowest BCUT2D eigenvalue weighted by Gasteiger charge is -2.46. The van der Waals surface area contributed by atoms with E-state index in [2.05, 4.69) is 37.5 Å². The molecule has 0 aliphatic carbocycles. The number of benzene rings is 1. The number of hydrogen-bond donors (Lipinski definition) is 0. The quantitative estimate of drug-likeness (QED) is 0.834. The first-order valence-electron chi connectivity index (χ1n) is 6.05. The Morgan fingerprint density at radius 3 is 1.74 bits per heavy atom. The van der Waals surface area contributed by atoms with Crippen molar-refractivity contribution < 1.29 is 4.79 Å². The summed E-state index contributed by atoms with van der Waals surface area (Å²) < 4.78 is 3.84. The molecule has 0 unspecified atom stereocenters. The predicted octanol–water partition coefficient (Wildman–Crippen LogP) is 3.76. The Kier molecular flexibility index (Phi) is 4.85. The molecule has 110 valence electrons. The average Bonchev–Trinajstić information content (AvgIpc) is 2.26. The lowest BCUT2D eigenvalue weighted by molar-refractivity contribution is 0.240. The number of anilines is 1. The van der Waals surface area contributed by atoms with Gasteiger partial charge in [-0.3, -0.25) is 8.61 Å². The van der Waals surface area contributed by atoms with Crippen LogP contribution in [-0.2, 0) is 0 Å². The number of nitrogens with zero attached hydrogens (tertiary/aromatic N) is 2. The van der Waals surface area contributed by atoms with Gasteiger partial charge in [-0.15, -0.1) is 0 Å². The number of para-hydroxylation sites is 1. The van der Waals surface area contributed by atoms with E-state index in [1.165, 1.54) is 0 Å². The minimum Gasteiger partial charge on any atom is -0.290 e. The van der Waals surface area contributed by atoms with Crippen LogP contribution in [0.1, 0.15) is 0 Å². The van der Waals surface area contributed by atoms with E-state index in [1.807, 2.05) is 46.0 Å². The van der Waals surface area contributed by atoms with Gasteiger partial charge in [-0.25, -0.2) is 4.79 Å². The first-order chi connectivity index (χ1) is 8.55. The molecular formula is C14H26N2OS2. The van der Waals surface area contributed by atoms with E-state index < -0.39 is 20.4 Å². The van der Waals surface area contributed by atoms with Gasteiger partial charge in [0, 0.05) is 7.05 Å². The number of urea groups is 1. The van der Waals surface area contributed by atoms with Crippen molar-refractivity contribution in [3.8, 4) is 0 Å². The van der Waals surface area contributed by atoms with Crippen LogP contribution in [0, 0.1) is 0 Å². The highest BCUT2D eigenvalue weighted by molar-refractivity contribution is 8.34. The summed E-state index contributed by atoms with van der Waals surface area (Å²) in [5.74, 6) is 0. The summed E-state index contributed by atoms with van der Waals surface area (Å²) in [6, 6.07) is 10.0. The van der Waals surface area contributed by atoms with Crippen LogP contribution in [0.4, 0.5) is 10.5 Å². The van der Waals surface area contributed by atoms with Crippen LogP contribution < -0.4 is 4.31 Å². The molecule has 0 aromatic heterocycles. The zero-order valence-electron chi connectivity index (χ0n) is 13.0. The average molecular weight is 303 g/mol. The fourth-order valence-corrected chi connectivity index (χ4v) is 3.53. The van der Waals surface area contributed by atoms with Crippen LogP contribution in [0.5, 0.6) is 0 Å². The molecule has 1 rings (SSSR count). The SMILES string of the molecule is CN(C(=O)N(c1ccccc1)S(C)(C)C)S(C)(C)C. The lowest BCUT2D eigenvalue weighted by Crippen LogP contribution is -2.42. The molecule has 0 aliphatic rings. The van der Waals surface area contributed by atoms with Crippen LogP contribution in [-0.4, -0.2) is 54.9 Å². The Bertz CT molecular complexity index is 435. The Labute approximate surface area is 120 Å². The first-order valence-corrected chi connectivity index (χ1v) is 11.7. The van der Waals surface area contributed by atoms with Crippen LogP contribution in [0.25, 0.3) is 0 Å². The molecular weight excluding hydrogens is 276 g/mol. The van der Waals surface area contributed by atoms with Crippen LogP contribution in [0.15, 0.2) is 30.3 Å². The highest BCUT2D eigenvalue weighted by atomic mass is 32.3. The summed E-state index contributed by atoms with van der Waals surface area (Å²) in [4.78, 5) is 12.8.